The summed E-state index contributed by atoms with van der Waals surface area (Å²) in [5, 5.41) is 2.90. The maximum Gasteiger partial charge on any atom is 0.255 e. The van der Waals surface area contributed by atoms with Gasteiger partial charge in [-0.3, -0.25) is 4.79 Å². The largest absolute Gasteiger partial charge is 0.497 e. The van der Waals surface area contributed by atoms with Gasteiger partial charge in [0, 0.05) is 16.1 Å². The Balaban J connectivity index is 1.96. The number of ether oxygens (including phenoxy) is 1. The monoisotopic (exact) mass is 315 g/mol. The van der Waals surface area contributed by atoms with E-state index in [1.54, 1.807) is 25.3 Å². The summed E-state index contributed by atoms with van der Waals surface area (Å²) >= 11 is 1.84. The Morgan fingerprint density at radius 3 is 2.64 bits per heavy atom. The van der Waals surface area contributed by atoms with Crippen molar-refractivity contribution in [3.05, 3.63) is 54.1 Å². The second kappa shape index (κ2) is 8.49. The molecule has 0 unspecified atom stereocenters. The van der Waals surface area contributed by atoms with Gasteiger partial charge in [-0.25, -0.2) is 0 Å². The normalized spacial score (nSPS) is 10.3. The van der Waals surface area contributed by atoms with E-state index in [1.807, 2.05) is 42.1 Å². The molecule has 0 spiro atoms. The van der Waals surface area contributed by atoms with E-state index in [0.29, 0.717) is 11.3 Å². The molecule has 0 heterocycles. The van der Waals surface area contributed by atoms with Crippen molar-refractivity contribution in [3.63, 3.8) is 0 Å². The topological polar surface area (TPSA) is 38.3 Å². The van der Waals surface area contributed by atoms with E-state index >= 15 is 0 Å². The first-order valence-electron chi connectivity index (χ1n) is 7.41. The van der Waals surface area contributed by atoms with E-state index in [4.69, 9.17) is 4.74 Å². The third kappa shape index (κ3) is 4.81. The number of nitrogens with one attached hydrogen (secondary N) is 1. The number of carbonyl (C=O) groups excluding carboxylic acids is 1. The zero-order chi connectivity index (χ0) is 15.8. The van der Waals surface area contributed by atoms with Gasteiger partial charge in [0.25, 0.3) is 5.91 Å². The molecule has 2 rings (SSSR count). The molecule has 0 atom stereocenters. The Labute approximate surface area is 136 Å². The van der Waals surface area contributed by atoms with Crippen molar-refractivity contribution < 1.29 is 9.53 Å². The standard InChI is InChI=1S/C18H21NO2S/c1-3-4-12-22-17-10-8-15(9-11-17)19-18(20)14-6-5-7-16(13-14)21-2/h5-11,13H,3-4,12H2,1-2H3,(H,19,20). The lowest BCUT2D eigenvalue weighted by Gasteiger charge is -2.07. The second-order valence-electron chi connectivity index (χ2n) is 4.91. The Kier molecular flexibility index (Phi) is 6.34. The van der Waals surface area contributed by atoms with Crippen molar-refractivity contribution in [2.45, 2.75) is 24.7 Å². The van der Waals surface area contributed by atoms with Crippen LogP contribution in [0.15, 0.2) is 53.4 Å². The van der Waals surface area contributed by atoms with E-state index < -0.39 is 0 Å². The lowest BCUT2D eigenvalue weighted by atomic mass is 10.2. The van der Waals surface area contributed by atoms with Crippen molar-refractivity contribution in [2.24, 2.45) is 0 Å². The molecule has 3 nitrogen and oxygen atoms in total. The summed E-state index contributed by atoms with van der Waals surface area (Å²) in [4.78, 5) is 13.4. The molecule has 0 aliphatic rings. The number of amides is 1. The van der Waals surface area contributed by atoms with E-state index in [2.05, 4.69) is 12.2 Å². The molecule has 1 N–H and O–H groups in total. The number of benzene rings is 2. The first-order chi connectivity index (χ1) is 10.7. The highest BCUT2D eigenvalue weighted by atomic mass is 32.2. The minimum absolute atomic E-state index is 0.134. The Morgan fingerprint density at radius 1 is 1.18 bits per heavy atom. The lowest BCUT2D eigenvalue weighted by Crippen LogP contribution is -2.11. The van der Waals surface area contributed by atoms with Crippen molar-refractivity contribution in [1.82, 2.24) is 0 Å². The fourth-order valence-electron chi connectivity index (χ4n) is 1.94. The molecule has 22 heavy (non-hydrogen) atoms. The second-order valence-corrected chi connectivity index (χ2v) is 6.08. The highest BCUT2D eigenvalue weighted by molar-refractivity contribution is 7.99. The van der Waals surface area contributed by atoms with Crippen LogP contribution in [0, 0.1) is 0 Å². The van der Waals surface area contributed by atoms with Gasteiger partial charge < -0.3 is 10.1 Å². The summed E-state index contributed by atoms with van der Waals surface area (Å²) in [6.07, 6.45) is 2.43. The Morgan fingerprint density at radius 2 is 1.95 bits per heavy atom. The van der Waals surface area contributed by atoms with Crippen LogP contribution < -0.4 is 10.1 Å². The zero-order valence-electron chi connectivity index (χ0n) is 13.0. The van der Waals surface area contributed by atoms with Crippen LogP contribution in [0.2, 0.25) is 0 Å². The number of anilines is 1. The number of carbonyl (C=O) groups is 1. The summed E-state index contributed by atoms with van der Waals surface area (Å²) in [5.74, 6) is 1.67. The average molecular weight is 315 g/mol. The predicted octanol–water partition coefficient (Wildman–Crippen LogP) is 4.84. The molecule has 0 saturated carbocycles. The van der Waals surface area contributed by atoms with E-state index in [0.717, 1.165) is 11.4 Å². The van der Waals surface area contributed by atoms with Gasteiger partial charge in [-0.2, -0.15) is 0 Å². The van der Waals surface area contributed by atoms with Crippen LogP contribution in [0.4, 0.5) is 5.69 Å². The summed E-state index contributed by atoms with van der Waals surface area (Å²) in [5.41, 5.74) is 1.38. The van der Waals surface area contributed by atoms with Gasteiger partial charge in [-0.05, 0) is 54.6 Å². The summed E-state index contributed by atoms with van der Waals surface area (Å²) in [6, 6.07) is 15.1. The maximum absolute atomic E-state index is 12.2. The van der Waals surface area contributed by atoms with E-state index in [1.165, 1.54) is 17.7 Å². The molecule has 0 radical (unpaired) electrons. The highest BCUT2D eigenvalue weighted by Gasteiger charge is 2.07. The SMILES string of the molecule is CCCCSc1ccc(NC(=O)c2cccc(OC)c2)cc1. The van der Waals surface area contributed by atoms with Crippen LogP contribution in [0.25, 0.3) is 0 Å². The Hall–Kier alpha value is -1.94. The Bertz CT molecular complexity index is 611. The molecular formula is C18H21NO2S. The number of rotatable bonds is 7. The van der Waals surface area contributed by atoms with Crippen LogP contribution >= 0.6 is 11.8 Å². The molecule has 0 saturated heterocycles. The molecule has 0 fully saturated rings. The summed E-state index contributed by atoms with van der Waals surface area (Å²) in [7, 11) is 1.59. The van der Waals surface area contributed by atoms with Gasteiger partial charge >= 0.3 is 0 Å². The number of thioether (sulfide) groups is 1. The predicted molar refractivity (Wildman–Crippen MR) is 93.0 cm³/mol. The molecule has 0 aliphatic heterocycles. The molecule has 4 heteroatoms. The van der Waals surface area contributed by atoms with Crippen molar-refractivity contribution in [1.29, 1.82) is 0 Å². The summed E-state index contributed by atoms with van der Waals surface area (Å²) < 4.78 is 5.13. The molecule has 0 aliphatic carbocycles. The first kappa shape index (κ1) is 16.4. The molecule has 0 aromatic heterocycles. The van der Waals surface area contributed by atoms with E-state index in [-0.39, 0.29) is 5.91 Å². The number of hydrogen-bond acceptors (Lipinski definition) is 3. The molecule has 0 bridgehead atoms. The van der Waals surface area contributed by atoms with Crippen molar-refractivity contribution in [2.75, 3.05) is 18.2 Å². The van der Waals surface area contributed by atoms with Crippen LogP contribution in [0.1, 0.15) is 30.1 Å². The smallest absolute Gasteiger partial charge is 0.255 e. The zero-order valence-corrected chi connectivity index (χ0v) is 13.8. The molecule has 116 valence electrons. The minimum Gasteiger partial charge on any atom is -0.497 e. The van der Waals surface area contributed by atoms with Crippen LogP contribution in [-0.2, 0) is 0 Å². The number of methoxy groups -OCH3 is 1. The summed E-state index contributed by atoms with van der Waals surface area (Å²) in [6.45, 7) is 2.19. The maximum atomic E-state index is 12.2. The highest BCUT2D eigenvalue weighted by Crippen LogP contribution is 2.22. The van der Waals surface area contributed by atoms with Gasteiger partial charge in [-0.1, -0.05) is 19.4 Å². The van der Waals surface area contributed by atoms with Gasteiger partial charge in [0.05, 0.1) is 7.11 Å². The van der Waals surface area contributed by atoms with Gasteiger partial charge in [0.1, 0.15) is 5.75 Å². The fraction of sp³-hybridized carbons (Fsp3) is 0.278. The average Bonchev–Trinajstić information content (AvgIpc) is 2.56. The number of hydrogen-bond donors (Lipinski definition) is 1. The van der Waals surface area contributed by atoms with Crippen molar-refractivity contribution >= 4 is 23.4 Å². The van der Waals surface area contributed by atoms with Crippen molar-refractivity contribution in [3.8, 4) is 5.75 Å². The van der Waals surface area contributed by atoms with Gasteiger partial charge in [0.15, 0.2) is 0 Å². The third-order valence-corrected chi connectivity index (χ3v) is 4.31. The fourth-order valence-corrected chi connectivity index (χ4v) is 2.93. The quantitative estimate of drug-likeness (QED) is 0.587. The van der Waals surface area contributed by atoms with E-state index in [9.17, 15) is 4.79 Å². The molecule has 2 aromatic rings. The lowest BCUT2D eigenvalue weighted by molar-refractivity contribution is 0.102. The van der Waals surface area contributed by atoms with Crippen LogP contribution in [0.5, 0.6) is 5.75 Å². The molecule has 2 aromatic carbocycles. The van der Waals surface area contributed by atoms with Crippen LogP contribution in [-0.4, -0.2) is 18.8 Å². The number of unbranched alkanes of at least 4 members (excludes halogenated alkanes) is 1. The first-order valence-corrected chi connectivity index (χ1v) is 8.39. The van der Waals surface area contributed by atoms with Gasteiger partial charge in [0.2, 0.25) is 0 Å². The minimum atomic E-state index is -0.134. The molecule has 1 amide bonds. The molecular weight excluding hydrogens is 294 g/mol. The van der Waals surface area contributed by atoms with Gasteiger partial charge in [-0.15, -0.1) is 11.8 Å². The van der Waals surface area contributed by atoms with Crippen LogP contribution in [0.3, 0.4) is 0 Å². The third-order valence-electron chi connectivity index (χ3n) is 3.21.